The molecule has 1 atom stereocenters. The Kier molecular flexibility index (Phi) is 11.4. The monoisotopic (exact) mass is 289 g/mol. The van der Waals surface area contributed by atoms with Crippen molar-refractivity contribution < 1.29 is 4.79 Å². The molecule has 0 aromatic carbocycles. The second kappa shape index (κ2) is 11.6. The van der Waals surface area contributed by atoms with Crippen LogP contribution in [-0.2, 0) is 4.79 Å². The van der Waals surface area contributed by atoms with Crippen molar-refractivity contribution in [1.29, 1.82) is 0 Å². The van der Waals surface area contributed by atoms with Crippen molar-refractivity contribution in [3.8, 4) is 0 Å². The summed E-state index contributed by atoms with van der Waals surface area (Å²) >= 11 is 5.78. The zero-order chi connectivity index (χ0) is 14.6. The van der Waals surface area contributed by atoms with E-state index in [1.54, 1.807) is 0 Å². The highest BCUT2D eigenvalue weighted by Crippen LogP contribution is 2.16. The van der Waals surface area contributed by atoms with Gasteiger partial charge in [0.1, 0.15) is 0 Å². The third-order valence-corrected chi connectivity index (χ3v) is 4.06. The van der Waals surface area contributed by atoms with E-state index in [0.29, 0.717) is 12.3 Å². The zero-order valence-corrected chi connectivity index (χ0v) is 13.8. The van der Waals surface area contributed by atoms with Gasteiger partial charge in [0.2, 0.25) is 5.91 Å². The first kappa shape index (κ1) is 18.8. The van der Waals surface area contributed by atoms with Gasteiger partial charge in [-0.05, 0) is 26.2 Å². The Morgan fingerprint density at radius 2 is 1.63 bits per heavy atom. The lowest BCUT2D eigenvalue weighted by Gasteiger charge is -2.29. The Labute approximate surface area is 124 Å². The summed E-state index contributed by atoms with van der Waals surface area (Å²) in [6, 6.07) is 0. The summed E-state index contributed by atoms with van der Waals surface area (Å²) in [6.45, 7) is 6.41. The third kappa shape index (κ3) is 10.2. The van der Waals surface area contributed by atoms with Crippen LogP contribution in [0.25, 0.3) is 0 Å². The minimum Gasteiger partial charge on any atom is -0.351 e. The third-order valence-electron chi connectivity index (χ3n) is 3.88. The van der Waals surface area contributed by atoms with Crippen molar-refractivity contribution in [3.05, 3.63) is 0 Å². The van der Waals surface area contributed by atoms with E-state index in [2.05, 4.69) is 26.1 Å². The van der Waals surface area contributed by atoms with Crippen LogP contribution >= 0.6 is 11.6 Å². The number of rotatable bonds is 12. The first-order chi connectivity index (χ1) is 9.08. The van der Waals surface area contributed by atoms with Gasteiger partial charge in [0.25, 0.3) is 0 Å². The lowest BCUT2D eigenvalue weighted by molar-refractivity contribution is -0.123. The molecule has 3 heteroatoms. The van der Waals surface area contributed by atoms with E-state index < -0.39 is 0 Å². The van der Waals surface area contributed by atoms with Gasteiger partial charge in [-0.2, -0.15) is 0 Å². The lowest BCUT2D eigenvalue weighted by atomic mass is 9.95. The summed E-state index contributed by atoms with van der Waals surface area (Å²) in [5.41, 5.74) is -0.125. The van der Waals surface area contributed by atoms with Crippen molar-refractivity contribution in [1.82, 2.24) is 5.32 Å². The molecule has 0 fully saturated rings. The van der Waals surface area contributed by atoms with Gasteiger partial charge < -0.3 is 5.32 Å². The number of carbonyl (C=O) groups is 1. The highest BCUT2D eigenvalue weighted by molar-refractivity contribution is 6.17. The standard InChI is InChI=1S/C16H32ClNO/c1-4-6-7-8-9-10-11-12-15(19)18-16(3,5-2)13-14-17/h4-14H2,1-3H3,(H,18,19). The average molecular weight is 290 g/mol. The van der Waals surface area contributed by atoms with Gasteiger partial charge in [0.15, 0.2) is 0 Å². The van der Waals surface area contributed by atoms with Crippen molar-refractivity contribution in [2.24, 2.45) is 0 Å². The molecular weight excluding hydrogens is 258 g/mol. The number of halogens is 1. The Bertz CT molecular complexity index is 233. The molecule has 0 rings (SSSR count). The summed E-state index contributed by atoms with van der Waals surface area (Å²) < 4.78 is 0. The Hall–Kier alpha value is -0.240. The first-order valence-electron chi connectivity index (χ1n) is 7.95. The molecule has 1 N–H and O–H groups in total. The van der Waals surface area contributed by atoms with E-state index in [1.165, 1.54) is 38.5 Å². The Morgan fingerprint density at radius 3 is 2.16 bits per heavy atom. The molecule has 0 heterocycles. The van der Waals surface area contributed by atoms with Gasteiger partial charge in [-0.3, -0.25) is 4.79 Å². The van der Waals surface area contributed by atoms with Gasteiger partial charge in [-0.1, -0.05) is 52.4 Å². The molecule has 0 saturated heterocycles. The predicted octanol–water partition coefficient (Wildman–Crippen LogP) is 5.04. The second-order valence-electron chi connectivity index (χ2n) is 5.77. The van der Waals surface area contributed by atoms with Crippen molar-refractivity contribution >= 4 is 17.5 Å². The summed E-state index contributed by atoms with van der Waals surface area (Å²) in [5, 5.41) is 3.13. The highest BCUT2D eigenvalue weighted by atomic mass is 35.5. The lowest BCUT2D eigenvalue weighted by Crippen LogP contribution is -2.45. The Morgan fingerprint density at radius 1 is 1.05 bits per heavy atom. The van der Waals surface area contributed by atoms with Crippen LogP contribution in [0.3, 0.4) is 0 Å². The zero-order valence-electron chi connectivity index (χ0n) is 13.1. The molecular formula is C16H32ClNO. The van der Waals surface area contributed by atoms with Crippen LogP contribution in [0.5, 0.6) is 0 Å². The van der Waals surface area contributed by atoms with Crippen LogP contribution < -0.4 is 5.32 Å². The number of alkyl halides is 1. The average Bonchev–Trinajstić information content (AvgIpc) is 2.38. The van der Waals surface area contributed by atoms with Crippen LogP contribution in [0.2, 0.25) is 0 Å². The van der Waals surface area contributed by atoms with Crippen molar-refractivity contribution in [2.75, 3.05) is 5.88 Å². The number of hydrogen-bond acceptors (Lipinski definition) is 1. The number of amides is 1. The first-order valence-corrected chi connectivity index (χ1v) is 8.48. The van der Waals surface area contributed by atoms with E-state index in [9.17, 15) is 4.79 Å². The molecule has 0 aliphatic heterocycles. The van der Waals surface area contributed by atoms with Crippen LogP contribution in [0.4, 0.5) is 0 Å². The molecule has 0 spiro atoms. The minimum atomic E-state index is -0.125. The molecule has 1 amide bonds. The maximum atomic E-state index is 11.9. The van der Waals surface area contributed by atoms with Crippen LogP contribution in [0, 0.1) is 0 Å². The quantitative estimate of drug-likeness (QED) is 0.396. The van der Waals surface area contributed by atoms with Gasteiger partial charge in [-0.25, -0.2) is 0 Å². The molecule has 0 bridgehead atoms. The molecule has 0 aliphatic carbocycles. The normalized spacial score (nSPS) is 14.1. The number of hydrogen-bond donors (Lipinski definition) is 1. The summed E-state index contributed by atoms with van der Waals surface area (Å²) in [6.07, 6.45) is 11.2. The fourth-order valence-electron chi connectivity index (χ4n) is 2.18. The van der Waals surface area contributed by atoms with Gasteiger partial charge in [-0.15, -0.1) is 11.6 Å². The fraction of sp³-hybridized carbons (Fsp3) is 0.938. The predicted molar refractivity (Wildman–Crippen MR) is 84.8 cm³/mol. The summed E-state index contributed by atoms with van der Waals surface area (Å²) in [5.74, 6) is 0.783. The number of carbonyl (C=O) groups excluding carboxylic acids is 1. The molecule has 0 radical (unpaired) electrons. The number of nitrogens with one attached hydrogen (secondary N) is 1. The molecule has 0 aromatic rings. The van der Waals surface area contributed by atoms with E-state index >= 15 is 0 Å². The van der Waals surface area contributed by atoms with E-state index in [1.807, 2.05) is 0 Å². The second-order valence-corrected chi connectivity index (χ2v) is 6.15. The van der Waals surface area contributed by atoms with E-state index in [0.717, 1.165) is 19.3 Å². The molecule has 2 nitrogen and oxygen atoms in total. The molecule has 19 heavy (non-hydrogen) atoms. The van der Waals surface area contributed by atoms with Crippen LogP contribution in [0.1, 0.15) is 85.0 Å². The smallest absolute Gasteiger partial charge is 0.220 e. The van der Waals surface area contributed by atoms with Crippen molar-refractivity contribution in [3.63, 3.8) is 0 Å². The minimum absolute atomic E-state index is 0.125. The van der Waals surface area contributed by atoms with Crippen LogP contribution in [0.15, 0.2) is 0 Å². The molecule has 0 aliphatic rings. The van der Waals surface area contributed by atoms with E-state index in [4.69, 9.17) is 11.6 Å². The van der Waals surface area contributed by atoms with Gasteiger partial charge in [0.05, 0.1) is 0 Å². The summed E-state index contributed by atoms with van der Waals surface area (Å²) in [7, 11) is 0. The fourth-order valence-corrected chi connectivity index (χ4v) is 2.60. The molecule has 1 unspecified atom stereocenters. The maximum absolute atomic E-state index is 11.9. The molecule has 114 valence electrons. The topological polar surface area (TPSA) is 29.1 Å². The maximum Gasteiger partial charge on any atom is 0.220 e. The summed E-state index contributed by atoms with van der Waals surface area (Å²) in [4.78, 5) is 11.9. The largest absolute Gasteiger partial charge is 0.351 e. The Balaban J connectivity index is 3.63. The van der Waals surface area contributed by atoms with Crippen molar-refractivity contribution in [2.45, 2.75) is 90.5 Å². The molecule has 0 saturated carbocycles. The van der Waals surface area contributed by atoms with Gasteiger partial charge in [0, 0.05) is 17.8 Å². The highest BCUT2D eigenvalue weighted by Gasteiger charge is 2.22. The van der Waals surface area contributed by atoms with Crippen LogP contribution in [-0.4, -0.2) is 17.3 Å². The van der Waals surface area contributed by atoms with Gasteiger partial charge >= 0.3 is 0 Å². The van der Waals surface area contributed by atoms with E-state index in [-0.39, 0.29) is 11.4 Å². The SMILES string of the molecule is CCCCCCCCCC(=O)NC(C)(CC)CCCl. The number of unbranched alkanes of at least 4 members (excludes halogenated alkanes) is 6. The molecule has 0 aromatic heterocycles.